The summed E-state index contributed by atoms with van der Waals surface area (Å²) in [6.07, 6.45) is 55.0. The maximum Gasteiger partial charge on any atom is 0.508 e. The normalized spacial score (nSPS) is 14.0. The minimum absolute atomic E-state index is 0.000910. The molecule has 0 aliphatic carbocycles. The van der Waals surface area contributed by atoms with Gasteiger partial charge in [0.1, 0.15) is 25.4 Å². The molecule has 0 amide bonds. The summed E-state index contributed by atoms with van der Waals surface area (Å²) in [4.78, 5) is 54.5. The molecule has 422 valence electrons. The second-order valence-corrected chi connectivity index (χ2v) is 20.7. The van der Waals surface area contributed by atoms with Gasteiger partial charge in [0.05, 0.1) is 0 Å². The van der Waals surface area contributed by atoms with E-state index < -0.39 is 24.3 Å². The zero-order valence-corrected chi connectivity index (χ0v) is 47.6. The third-order valence-electron chi connectivity index (χ3n) is 13.9. The Balaban J connectivity index is 2.67. The summed E-state index contributed by atoms with van der Waals surface area (Å²) in [5.41, 5.74) is 0. The van der Waals surface area contributed by atoms with Gasteiger partial charge >= 0.3 is 24.1 Å². The SMILES string of the molecule is CCCCC/C=C\C/C=C\CCCCCCCC(=O)OCC(COC(=O)CCCCCCC/C=C\C/C=C\CCCCC)OC(=O)CCC(CCCCCCCCCCCC)OC(=O)OC1CCN(CC)CC1. The number of carbonyl (C=O) groups excluding carboxylic acids is 4. The first-order valence-electron chi connectivity index (χ1n) is 30.5. The molecule has 10 nitrogen and oxygen atoms in total. The first-order chi connectivity index (χ1) is 35.8. The van der Waals surface area contributed by atoms with E-state index >= 15 is 0 Å². The Bertz CT molecular complexity index is 1350. The minimum Gasteiger partial charge on any atom is -0.462 e. The largest absolute Gasteiger partial charge is 0.508 e. The number of esters is 3. The molecule has 1 unspecified atom stereocenters. The summed E-state index contributed by atoms with van der Waals surface area (Å²) in [6, 6.07) is 0. The van der Waals surface area contributed by atoms with Crippen LogP contribution < -0.4 is 0 Å². The number of unbranched alkanes of at least 4 members (excludes halogenated alkanes) is 25. The van der Waals surface area contributed by atoms with Crippen molar-refractivity contribution in [2.45, 2.75) is 296 Å². The molecule has 10 heteroatoms. The zero-order valence-electron chi connectivity index (χ0n) is 47.6. The van der Waals surface area contributed by atoms with Crippen molar-refractivity contribution in [3.63, 3.8) is 0 Å². The number of rotatable bonds is 50. The average molecular weight is 1030 g/mol. The van der Waals surface area contributed by atoms with Gasteiger partial charge in [-0.2, -0.15) is 0 Å². The van der Waals surface area contributed by atoms with E-state index in [1.165, 1.54) is 96.3 Å². The number of ether oxygens (including phenoxy) is 5. The van der Waals surface area contributed by atoms with Gasteiger partial charge in [0.2, 0.25) is 0 Å². The first kappa shape index (κ1) is 67.6. The van der Waals surface area contributed by atoms with Crippen molar-refractivity contribution in [2.24, 2.45) is 0 Å². The van der Waals surface area contributed by atoms with Crippen molar-refractivity contribution in [1.29, 1.82) is 0 Å². The molecule has 1 aliphatic heterocycles. The van der Waals surface area contributed by atoms with Crippen molar-refractivity contribution < 1.29 is 42.9 Å². The predicted octanol–water partition coefficient (Wildman–Crippen LogP) is 17.7. The molecule has 1 atom stereocenters. The summed E-state index contributed by atoms with van der Waals surface area (Å²) < 4.78 is 28.7. The van der Waals surface area contributed by atoms with Crippen LogP contribution in [0.3, 0.4) is 0 Å². The molecule has 0 bridgehead atoms. The molecule has 1 rings (SSSR count). The monoisotopic (exact) mass is 1030 g/mol. The molecule has 1 fully saturated rings. The summed E-state index contributed by atoms with van der Waals surface area (Å²) >= 11 is 0. The van der Waals surface area contributed by atoms with Crippen LogP contribution in [0.25, 0.3) is 0 Å². The lowest BCUT2D eigenvalue weighted by Gasteiger charge is -2.30. The third-order valence-corrected chi connectivity index (χ3v) is 13.9. The van der Waals surface area contributed by atoms with Gasteiger partial charge in [-0.25, -0.2) is 4.79 Å². The van der Waals surface area contributed by atoms with Crippen LogP contribution in [0.4, 0.5) is 4.79 Å². The van der Waals surface area contributed by atoms with Crippen molar-refractivity contribution in [2.75, 3.05) is 32.8 Å². The highest BCUT2D eigenvalue weighted by Crippen LogP contribution is 2.20. The van der Waals surface area contributed by atoms with Gasteiger partial charge in [-0.3, -0.25) is 14.4 Å². The minimum atomic E-state index is -0.935. The van der Waals surface area contributed by atoms with Gasteiger partial charge in [0.15, 0.2) is 6.10 Å². The Hall–Kier alpha value is -3.40. The van der Waals surface area contributed by atoms with Crippen LogP contribution in [-0.4, -0.2) is 80.1 Å². The highest BCUT2D eigenvalue weighted by atomic mass is 16.7. The zero-order chi connectivity index (χ0) is 52.9. The molecular formula is C63H111NO9. The third kappa shape index (κ3) is 45.7. The van der Waals surface area contributed by atoms with Crippen LogP contribution in [0, 0.1) is 0 Å². The number of hydrogen-bond donors (Lipinski definition) is 0. The molecule has 73 heavy (non-hydrogen) atoms. The average Bonchev–Trinajstić information content (AvgIpc) is 3.39. The van der Waals surface area contributed by atoms with Crippen LogP contribution in [0.2, 0.25) is 0 Å². The highest BCUT2D eigenvalue weighted by molar-refractivity contribution is 5.71. The smallest absolute Gasteiger partial charge is 0.462 e. The standard InChI is InChI=1S/C63H111NO9/c1-5-9-12-15-18-21-24-26-28-30-32-35-38-41-44-47-60(65)69-55-59(56-70-61(66)48-45-42-39-36-33-31-29-27-25-22-19-16-13-10-6-2)71-62(67)50-49-57(46-43-40-37-34-23-20-17-14-11-7-3)72-63(68)73-58-51-53-64(8-4)54-52-58/h18-19,21-22,26-29,57-59H,5-17,20,23-25,30-56H2,1-4H3/b21-18-,22-19-,28-26-,29-27-. The Labute approximate surface area is 448 Å². The Morgan fingerprint density at radius 1 is 0.425 bits per heavy atom. The fourth-order valence-corrected chi connectivity index (χ4v) is 9.08. The lowest BCUT2D eigenvalue weighted by Crippen LogP contribution is -2.38. The second kappa shape index (κ2) is 52.1. The highest BCUT2D eigenvalue weighted by Gasteiger charge is 2.26. The van der Waals surface area contributed by atoms with Crippen LogP contribution in [0.15, 0.2) is 48.6 Å². The van der Waals surface area contributed by atoms with E-state index in [-0.39, 0.29) is 56.9 Å². The van der Waals surface area contributed by atoms with Crippen LogP contribution in [0.5, 0.6) is 0 Å². The topological polar surface area (TPSA) is 118 Å². The van der Waals surface area contributed by atoms with Crippen molar-refractivity contribution in [1.82, 2.24) is 4.90 Å². The number of hydrogen-bond acceptors (Lipinski definition) is 10. The van der Waals surface area contributed by atoms with E-state index in [0.29, 0.717) is 6.42 Å². The first-order valence-corrected chi connectivity index (χ1v) is 30.5. The van der Waals surface area contributed by atoms with Gasteiger partial charge < -0.3 is 28.6 Å². The van der Waals surface area contributed by atoms with Crippen molar-refractivity contribution >= 4 is 24.1 Å². The summed E-state index contributed by atoms with van der Waals surface area (Å²) in [7, 11) is 0. The van der Waals surface area contributed by atoms with E-state index in [4.69, 9.17) is 23.7 Å². The summed E-state index contributed by atoms with van der Waals surface area (Å²) in [6.45, 7) is 11.2. The Kier molecular flexibility index (Phi) is 48.2. The van der Waals surface area contributed by atoms with E-state index in [2.05, 4.69) is 81.2 Å². The molecule has 1 aliphatic rings. The maximum absolute atomic E-state index is 13.4. The number of piperidine rings is 1. The molecule has 0 radical (unpaired) electrons. The number of carbonyl (C=O) groups is 4. The van der Waals surface area contributed by atoms with Crippen LogP contribution in [0.1, 0.15) is 278 Å². The van der Waals surface area contributed by atoms with Crippen molar-refractivity contribution in [3.8, 4) is 0 Å². The maximum atomic E-state index is 13.4. The lowest BCUT2D eigenvalue weighted by molar-refractivity contribution is -0.167. The van der Waals surface area contributed by atoms with Crippen LogP contribution >= 0.6 is 0 Å². The second-order valence-electron chi connectivity index (χ2n) is 20.7. The molecule has 1 saturated heterocycles. The number of allylic oxidation sites excluding steroid dienone is 8. The number of likely N-dealkylation sites (tertiary alicyclic amines) is 1. The van der Waals surface area contributed by atoms with Crippen LogP contribution in [-0.2, 0) is 38.1 Å². The molecule has 0 saturated carbocycles. The Morgan fingerprint density at radius 3 is 1.27 bits per heavy atom. The summed E-state index contributed by atoms with van der Waals surface area (Å²) in [5.74, 6) is -1.23. The molecule has 0 aromatic heterocycles. The predicted molar refractivity (Wildman–Crippen MR) is 303 cm³/mol. The van der Waals surface area contributed by atoms with Gasteiger partial charge in [-0.15, -0.1) is 0 Å². The Morgan fingerprint density at radius 2 is 0.822 bits per heavy atom. The van der Waals surface area contributed by atoms with Gasteiger partial charge in [-0.05, 0) is 116 Å². The molecule has 0 aromatic carbocycles. The van der Waals surface area contributed by atoms with Gasteiger partial charge in [0.25, 0.3) is 0 Å². The van der Waals surface area contributed by atoms with Crippen molar-refractivity contribution in [3.05, 3.63) is 48.6 Å². The van der Waals surface area contributed by atoms with E-state index in [1.807, 2.05) is 0 Å². The fourth-order valence-electron chi connectivity index (χ4n) is 9.08. The fraction of sp³-hybridized carbons (Fsp3) is 0.810. The molecule has 0 N–H and O–H groups in total. The quantitative estimate of drug-likeness (QED) is 0.0252. The van der Waals surface area contributed by atoms with E-state index in [1.54, 1.807) is 0 Å². The van der Waals surface area contributed by atoms with E-state index in [9.17, 15) is 19.2 Å². The molecule has 0 aromatic rings. The van der Waals surface area contributed by atoms with E-state index in [0.717, 1.165) is 142 Å². The molecular weight excluding hydrogens is 915 g/mol. The lowest BCUT2D eigenvalue weighted by atomic mass is 10.0. The number of nitrogens with zero attached hydrogens (tertiary/aromatic N) is 1. The summed E-state index contributed by atoms with van der Waals surface area (Å²) in [5, 5.41) is 0. The van der Waals surface area contributed by atoms with Gasteiger partial charge in [0, 0.05) is 32.4 Å². The molecule has 0 spiro atoms. The van der Waals surface area contributed by atoms with Gasteiger partial charge in [-0.1, -0.05) is 198 Å². The molecule has 1 heterocycles.